The maximum absolute atomic E-state index is 5.66. The van der Waals surface area contributed by atoms with E-state index in [0.717, 1.165) is 25.3 Å². The van der Waals surface area contributed by atoms with Gasteiger partial charge in [-0.05, 0) is 38.6 Å². The van der Waals surface area contributed by atoms with Gasteiger partial charge in [0.15, 0.2) is 0 Å². The van der Waals surface area contributed by atoms with Crippen LogP contribution in [-0.2, 0) is 0 Å². The average Bonchev–Trinajstić information content (AvgIpc) is 1.97. The second-order valence-corrected chi connectivity index (χ2v) is 3.41. The highest BCUT2D eigenvalue weighted by molar-refractivity contribution is 4.61. The van der Waals surface area contributed by atoms with Gasteiger partial charge in [0.2, 0.25) is 0 Å². The molecule has 68 valence electrons. The van der Waals surface area contributed by atoms with Crippen LogP contribution in [0.2, 0.25) is 0 Å². The van der Waals surface area contributed by atoms with E-state index in [1.54, 1.807) is 0 Å². The van der Waals surface area contributed by atoms with E-state index < -0.39 is 0 Å². The molecule has 0 aromatic rings. The largest absolute Gasteiger partial charge is 0.330 e. The molecule has 2 unspecified atom stereocenters. The monoisotopic (exact) mass is 158 g/mol. The molecular weight excluding hydrogens is 136 g/mol. The first-order valence-corrected chi connectivity index (χ1v) is 4.66. The van der Waals surface area contributed by atoms with Gasteiger partial charge in [-0.1, -0.05) is 13.3 Å². The van der Waals surface area contributed by atoms with Crippen LogP contribution in [-0.4, -0.2) is 12.6 Å². The maximum atomic E-state index is 5.66. The van der Waals surface area contributed by atoms with Crippen molar-refractivity contribution in [1.82, 2.24) is 0 Å². The van der Waals surface area contributed by atoms with Crippen molar-refractivity contribution in [2.75, 3.05) is 6.54 Å². The Balaban J connectivity index is 3.35. The van der Waals surface area contributed by atoms with E-state index in [4.69, 9.17) is 11.5 Å². The molecule has 0 aliphatic carbocycles. The molecule has 2 heteroatoms. The van der Waals surface area contributed by atoms with Gasteiger partial charge in [-0.15, -0.1) is 0 Å². The molecule has 4 N–H and O–H groups in total. The van der Waals surface area contributed by atoms with Gasteiger partial charge >= 0.3 is 0 Å². The summed E-state index contributed by atoms with van der Waals surface area (Å²) in [5, 5.41) is 0. The van der Waals surface area contributed by atoms with Crippen molar-refractivity contribution in [3.05, 3.63) is 0 Å². The molecule has 0 heterocycles. The lowest BCUT2D eigenvalue weighted by Crippen LogP contribution is -2.17. The Morgan fingerprint density at radius 2 is 1.82 bits per heavy atom. The summed E-state index contributed by atoms with van der Waals surface area (Å²) >= 11 is 0. The lowest BCUT2D eigenvalue weighted by Gasteiger charge is -2.14. The van der Waals surface area contributed by atoms with Crippen molar-refractivity contribution in [2.24, 2.45) is 17.4 Å². The van der Waals surface area contributed by atoms with Crippen LogP contribution in [0.15, 0.2) is 0 Å². The minimum atomic E-state index is 0.349. The number of hydrogen-bond donors (Lipinski definition) is 2. The summed E-state index contributed by atoms with van der Waals surface area (Å²) in [7, 11) is 0. The van der Waals surface area contributed by atoms with Crippen LogP contribution in [0.4, 0.5) is 0 Å². The van der Waals surface area contributed by atoms with Crippen LogP contribution >= 0.6 is 0 Å². The normalized spacial score (nSPS) is 16.4. The summed E-state index contributed by atoms with van der Waals surface area (Å²) in [6.07, 6.45) is 4.77. The first kappa shape index (κ1) is 10.9. The maximum Gasteiger partial charge on any atom is 0.00105 e. The molecule has 0 aliphatic rings. The summed E-state index contributed by atoms with van der Waals surface area (Å²) in [4.78, 5) is 0. The average molecular weight is 158 g/mol. The Kier molecular flexibility index (Phi) is 6.57. The van der Waals surface area contributed by atoms with Crippen LogP contribution in [0.5, 0.6) is 0 Å². The zero-order chi connectivity index (χ0) is 8.69. The molecule has 0 amide bonds. The topological polar surface area (TPSA) is 52.0 Å². The molecule has 0 rings (SSSR count). The highest BCUT2D eigenvalue weighted by Crippen LogP contribution is 2.14. The third-order valence-corrected chi connectivity index (χ3v) is 2.18. The molecule has 0 spiro atoms. The second kappa shape index (κ2) is 6.62. The molecule has 0 bridgehead atoms. The molecule has 2 atom stereocenters. The van der Waals surface area contributed by atoms with Crippen molar-refractivity contribution >= 4 is 0 Å². The first-order chi connectivity index (χ1) is 5.20. The summed E-state index contributed by atoms with van der Waals surface area (Å²) in [5.74, 6) is 0.797. The summed E-state index contributed by atoms with van der Waals surface area (Å²) < 4.78 is 0. The van der Waals surface area contributed by atoms with Gasteiger partial charge in [-0.3, -0.25) is 0 Å². The summed E-state index contributed by atoms with van der Waals surface area (Å²) in [6.45, 7) is 5.11. The van der Waals surface area contributed by atoms with E-state index in [0.29, 0.717) is 6.04 Å². The van der Waals surface area contributed by atoms with E-state index in [1.807, 2.05) is 0 Å². The standard InChI is InChI=1S/C9H22N2/c1-3-9(6-7-10)5-4-8(2)11/h8-9H,3-7,10-11H2,1-2H3. The van der Waals surface area contributed by atoms with Crippen molar-refractivity contribution in [3.63, 3.8) is 0 Å². The molecule has 0 saturated carbocycles. The van der Waals surface area contributed by atoms with Crippen LogP contribution in [0.1, 0.15) is 39.5 Å². The van der Waals surface area contributed by atoms with Crippen molar-refractivity contribution in [1.29, 1.82) is 0 Å². The third-order valence-electron chi connectivity index (χ3n) is 2.18. The molecule has 0 aliphatic heterocycles. The highest BCUT2D eigenvalue weighted by atomic mass is 14.6. The predicted octanol–water partition coefficient (Wildman–Crippen LogP) is 1.49. The highest BCUT2D eigenvalue weighted by Gasteiger charge is 2.05. The van der Waals surface area contributed by atoms with Gasteiger partial charge in [0, 0.05) is 6.04 Å². The molecular formula is C9H22N2. The van der Waals surface area contributed by atoms with Crippen LogP contribution in [0.25, 0.3) is 0 Å². The molecule has 11 heavy (non-hydrogen) atoms. The Hall–Kier alpha value is -0.0800. The molecule has 0 aromatic carbocycles. The first-order valence-electron chi connectivity index (χ1n) is 4.66. The molecule has 0 radical (unpaired) electrons. The molecule has 2 nitrogen and oxygen atoms in total. The Morgan fingerprint density at radius 3 is 2.18 bits per heavy atom. The molecule has 0 saturated heterocycles. The summed E-state index contributed by atoms with van der Waals surface area (Å²) in [6, 6.07) is 0.349. The Morgan fingerprint density at radius 1 is 1.18 bits per heavy atom. The quantitative estimate of drug-likeness (QED) is 0.615. The van der Waals surface area contributed by atoms with Crippen molar-refractivity contribution in [3.8, 4) is 0 Å². The number of hydrogen-bond acceptors (Lipinski definition) is 2. The fraction of sp³-hybridized carbons (Fsp3) is 1.00. The number of nitrogens with two attached hydrogens (primary N) is 2. The van der Waals surface area contributed by atoms with E-state index in [2.05, 4.69) is 13.8 Å². The molecule has 0 fully saturated rings. The van der Waals surface area contributed by atoms with Gasteiger partial charge in [0.25, 0.3) is 0 Å². The van der Waals surface area contributed by atoms with E-state index in [-0.39, 0.29) is 0 Å². The lowest BCUT2D eigenvalue weighted by molar-refractivity contribution is 0.413. The second-order valence-electron chi connectivity index (χ2n) is 3.41. The predicted molar refractivity (Wildman–Crippen MR) is 50.3 cm³/mol. The fourth-order valence-corrected chi connectivity index (χ4v) is 1.29. The van der Waals surface area contributed by atoms with Gasteiger partial charge in [0.1, 0.15) is 0 Å². The third kappa shape index (κ3) is 6.32. The number of rotatable bonds is 6. The van der Waals surface area contributed by atoms with Gasteiger partial charge in [-0.2, -0.15) is 0 Å². The van der Waals surface area contributed by atoms with Crippen LogP contribution < -0.4 is 11.5 Å². The van der Waals surface area contributed by atoms with Crippen LogP contribution in [0.3, 0.4) is 0 Å². The van der Waals surface area contributed by atoms with E-state index >= 15 is 0 Å². The fourth-order valence-electron chi connectivity index (χ4n) is 1.29. The van der Waals surface area contributed by atoms with Gasteiger partial charge in [0.05, 0.1) is 0 Å². The zero-order valence-corrected chi connectivity index (χ0v) is 7.84. The van der Waals surface area contributed by atoms with Crippen molar-refractivity contribution in [2.45, 2.75) is 45.6 Å². The summed E-state index contributed by atoms with van der Waals surface area (Å²) in [5.41, 5.74) is 11.1. The lowest BCUT2D eigenvalue weighted by atomic mass is 9.95. The van der Waals surface area contributed by atoms with E-state index in [9.17, 15) is 0 Å². The SMILES string of the molecule is CCC(CCN)CCC(C)N. The smallest absolute Gasteiger partial charge is 0.00105 e. The molecule has 0 aromatic heterocycles. The minimum absolute atomic E-state index is 0.349. The van der Waals surface area contributed by atoms with Crippen molar-refractivity contribution < 1.29 is 0 Å². The van der Waals surface area contributed by atoms with Crippen LogP contribution in [0, 0.1) is 5.92 Å². The Bertz CT molecular complexity index is 81.6. The van der Waals surface area contributed by atoms with Gasteiger partial charge in [-0.25, -0.2) is 0 Å². The zero-order valence-electron chi connectivity index (χ0n) is 7.84. The van der Waals surface area contributed by atoms with Gasteiger partial charge < -0.3 is 11.5 Å². The van der Waals surface area contributed by atoms with E-state index in [1.165, 1.54) is 12.8 Å². The Labute approximate surface area is 70.3 Å². The minimum Gasteiger partial charge on any atom is -0.330 e.